The van der Waals surface area contributed by atoms with Crippen molar-refractivity contribution < 1.29 is 4.74 Å². The van der Waals surface area contributed by atoms with Crippen LogP contribution in [0.5, 0.6) is 11.5 Å². The maximum atomic E-state index is 6.26. The molecule has 0 heterocycles. The van der Waals surface area contributed by atoms with Gasteiger partial charge in [0.1, 0.15) is 11.5 Å². The fraction of sp³-hybridized carbons (Fsp3) is 0.294. The van der Waals surface area contributed by atoms with E-state index < -0.39 is 0 Å². The molecule has 0 fully saturated rings. The zero-order valence-electron chi connectivity index (χ0n) is 11.9. The van der Waals surface area contributed by atoms with Crippen molar-refractivity contribution in [1.82, 2.24) is 0 Å². The smallest absolute Gasteiger partial charge is 0.149 e. The highest BCUT2D eigenvalue weighted by Crippen LogP contribution is 2.33. The number of hydrogen-bond acceptors (Lipinski definition) is 2. The molecule has 0 amide bonds. The predicted octanol–water partition coefficient (Wildman–Crippen LogP) is 4.58. The molecule has 0 saturated heterocycles. The summed E-state index contributed by atoms with van der Waals surface area (Å²) in [6.07, 6.45) is 1.76. The average Bonchev–Trinajstić information content (AvgIpc) is 2.43. The Balaban J connectivity index is 2.26. The van der Waals surface area contributed by atoms with Crippen molar-refractivity contribution in [2.24, 2.45) is 5.73 Å². The Labute approximate surface area is 125 Å². The van der Waals surface area contributed by atoms with Crippen molar-refractivity contribution in [3.63, 3.8) is 0 Å². The van der Waals surface area contributed by atoms with Gasteiger partial charge >= 0.3 is 0 Å². The largest absolute Gasteiger partial charge is 0.456 e. The van der Waals surface area contributed by atoms with Gasteiger partial charge in [-0.3, -0.25) is 0 Å². The number of nitrogens with two attached hydrogens (primary N) is 1. The van der Waals surface area contributed by atoms with E-state index in [4.69, 9.17) is 22.1 Å². The van der Waals surface area contributed by atoms with Crippen LogP contribution < -0.4 is 10.5 Å². The molecule has 0 aliphatic carbocycles. The number of ether oxygens (including phenoxy) is 1. The number of hydrogen-bond donors (Lipinski definition) is 1. The third-order valence-corrected chi connectivity index (χ3v) is 3.44. The highest BCUT2D eigenvalue weighted by molar-refractivity contribution is 6.32. The van der Waals surface area contributed by atoms with Crippen molar-refractivity contribution in [1.29, 1.82) is 0 Å². The van der Waals surface area contributed by atoms with Crippen LogP contribution in [-0.4, -0.2) is 6.04 Å². The fourth-order valence-electron chi connectivity index (χ4n) is 2.09. The van der Waals surface area contributed by atoms with Crippen LogP contribution >= 0.6 is 11.6 Å². The Morgan fingerprint density at radius 1 is 1.15 bits per heavy atom. The lowest BCUT2D eigenvalue weighted by atomic mass is 10.1. The van der Waals surface area contributed by atoms with Gasteiger partial charge in [0.15, 0.2) is 0 Å². The third-order valence-electron chi connectivity index (χ3n) is 3.14. The van der Waals surface area contributed by atoms with Gasteiger partial charge in [-0.15, -0.1) is 0 Å². The molecule has 20 heavy (non-hydrogen) atoms. The second kappa shape index (κ2) is 6.78. The Kier molecular flexibility index (Phi) is 5.05. The lowest BCUT2D eigenvalue weighted by Crippen LogP contribution is -2.18. The Bertz CT molecular complexity index is 564. The first kappa shape index (κ1) is 14.9. The molecular formula is C17H20ClNO. The molecule has 0 saturated carbocycles. The van der Waals surface area contributed by atoms with Crippen LogP contribution in [0.25, 0.3) is 0 Å². The van der Waals surface area contributed by atoms with E-state index in [2.05, 4.69) is 19.1 Å². The molecule has 1 atom stereocenters. The lowest BCUT2D eigenvalue weighted by Gasteiger charge is -2.14. The van der Waals surface area contributed by atoms with Crippen molar-refractivity contribution in [3.05, 3.63) is 58.6 Å². The van der Waals surface area contributed by atoms with Crippen LogP contribution in [-0.2, 0) is 12.8 Å². The Hall–Kier alpha value is -1.51. The average molecular weight is 290 g/mol. The minimum Gasteiger partial charge on any atom is -0.456 e. The molecule has 0 aromatic heterocycles. The molecular weight excluding hydrogens is 270 g/mol. The van der Waals surface area contributed by atoms with Crippen LogP contribution in [0, 0.1) is 0 Å². The van der Waals surface area contributed by atoms with Gasteiger partial charge in [0.2, 0.25) is 0 Å². The third kappa shape index (κ3) is 3.75. The number of para-hydroxylation sites is 1. The maximum absolute atomic E-state index is 6.26. The summed E-state index contributed by atoms with van der Waals surface area (Å²) in [6, 6.07) is 13.9. The normalized spacial score (nSPS) is 12.2. The van der Waals surface area contributed by atoms with Crippen molar-refractivity contribution in [2.75, 3.05) is 0 Å². The van der Waals surface area contributed by atoms with E-state index in [0.29, 0.717) is 10.8 Å². The molecule has 2 rings (SSSR count). The second-order valence-corrected chi connectivity index (χ2v) is 5.42. The standard InChI is InChI=1S/C17H20ClNO/c1-3-13-7-9-15(10-8-13)20-17-14(11-12(2)19)5-4-6-16(17)18/h4-10,12H,3,11,19H2,1-2H3. The molecule has 0 spiro atoms. The van der Waals surface area contributed by atoms with Crippen LogP contribution in [0.1, 0.15) is 25.0 Å². The molecule has 2 N–H and O–H groups in total. The van der Waals surface area contributed by atoms with Crippen LogP contribution in [0.4, 0.5) is 0 Å². The SMILES string of the molecule is CCc1ccc(Oc2c(Cl)cccc2CC(C)N)cc1. The van der Waals surface area contributed by atoms with Crippen molar-refractivity contribution in [2.45, 2.75) is 32.7 Å². The summed E-state index contributed by atoms with van der Waals surface area (Å²) in [5.74, 6) is 1.50. The minimum atomic E-state index is 0.0679. The van der Waals surface area contributed by atoms with E-state index in [1.807, 2.05) is 37.3 Å². The number of benzene rings is 2. The lowest BCUT2D eigenvalue weighted by molar-refractivity contribution is 0.474. The van der Waals surface area contributed by atoms with Gasteiger partial charge in [-0.2, -0.15) is 0 Å². The van der Waals surface area contributed by atoms with Crippen LogP contribution in [0.2, 0.25) is 5.02 Å². The Morgan fingerprint density at radius 3 is 2.45 bits per heavy atom. The van der Waals surface area contributed by atoms with E-state index in [-0.39, 0.29) is 6.04 Å². The van der Waals surface area contributed by atoms with Gasteiger partial charge in [0, 0.05) is 6.04 Å². The van der Waals surface area contributed by atoms with E-state index in [0.717, 1.165) is 24.2 Å². The summed E-state index contributed by atoms with van der Waals surface area (Å²) in [6.45, 7) is 4.10. The molecule has 0 aliphatic rings. The summed E-state index contributed by atoms with van der Waals surface area (Å²) in [4.78, 5) is 0. The van der Waals surface area contributed by atoms with Gasteiger partial charge in [-0.05, 0) is 49.1 Å². The molecule has 0 aliphatic heterocycles. The second-order valence-electron chi connectivity index (χ2n) is 5.01. The van der Waals surface area contributed by atoms with Crippen molar-refractivity contribution in [3.8, 4) is 11.5 Å². The van der Waals surface area contributed by atoms with Gasteiger partial charge in [-0.1, -0.05) is 42.8 Å². The molecule has 1 unspecified atom stereocenters. The zero-order chi connectivity index (χ0) is 14.5. The highest BCUT2D eigenvalue weighted by Gasteiger charge is 2.11. The first-order valence-electron chi connectivity index (χ1n) is 6.90. The monoisotopic (exact) mass is 289 g/mol. The predicted molar refractivity (Wildman–Crippen MR) is 84.7 cm³/mol. The number of halogens is 1. The van der Waals surface area contributed by atoms with Gasteiger partial charge in [0.05, 0.1) is 5.02 Å². The van der Waals surface area contributed by atoms with Crippen molar-refractivity contribution >= 4 is 11.6 Å². The van der Waals surface area contributed by atoms with E-state index in [9.17, 15) is 0 Å². The Morgan fingerprint density at radius 2 is 1.85 bits per heavy atom. The highest BCUT2D eigenvalue weighted by atomic mass is 35.5. The summed E-state index contributed by atoms with van der Waals surface area (Å²) in [5.41, 5.74) is 8.19. The van der Waals surface area contributed by atoms with Crippen LogP contribution in [0.15, 0.2) is 42.5 Å². The summed E-state index contributed by atoms with van der Waals surface area (Å²) in [5, 5.41) is 0.614. The summed E-state index contributed by atoms with van der Waals surface area (Å²) >= 11 is 6.26. The van der Waals surface area contributed by atoms with E-state index >= 15 is 0 Å². The van der Waals surface area contributed by atoms with Gasteiger partial charge < -0.3 is 10.5 Å². The van der Waals surface area contributed by atoms with Crippen LogP contribution in [0.3, 0.4) is 0 Å². The minimum absolute atomic E-state index is 0.0679. The molecule has 2 aromatic carbocycles. The molecule has 2 nitrogen and oxygen atoms in total. The fourth-order valence-corrected chi connectivity index (χ4v) is 2.32. The van der Waals surface area contributed by atoms with Gasteiger partial charge in [-0.25, -0.2) is 0 Å². The van der Waals surface area contributed by atoms with E-state index in [1.165, 1.54) is 5.56 Å². The summed E-state index contributed by atoms with van der Waals surface area (Å²) < 4.78 is 5.95. The first-order valence-corrected chi connectivity index (χ1v) is 7.27. The molecule has 2 aromatic rings. The van der Waals surface area contributed by atoms with Gasteiger partial charge in [0.25, 0.3) is 0 Å². The topological polar surface area (TPSA) is 35.2 Å². The number of aryl methyl sites for hydroxylation is 1. The zero-order valence-corrected chi connectivity index (χ0v) is 12.7. The number of rotatable bonds is 5. The first-order chi connectivity index (χ1) is 9.60. The maximum Gasteiger partial charge on any atom is 0.149 e. The molecule has 106 valence electrons. The quantitative estimate of drug-likeness (QED) is 0.874. The summed E-state index contributed by atoms with van der Waals surface area (Å²) in [7, 11) is 0. The molecule has 0 bridgehead atoms. The van der Waals surface area contributed by atoms with E-state index in [1.54, 1.807) is 0 Å². The molecule has 3 heteroatoms. The molecule has 0 radical (unpaired) electrons.